The van der Waals surface area contributed by atoms with E-state index in [4.69, 9.17) is 22.1 Å². The summed E-state index contributed by atoms with van der Waals surface area (Å²) >= 11 is 0. The molecular formula is C6H11FO5S. The van der Waals surface area contributed by atoms with Crippen molar-refractivity contribution in [3.63, 3.8) is 0 Å². The van der Waals surface area contributed by atoms with Crippen molar-refractivity contribution in [2.24, 2.45) is 0 Å². The van der Waals surface area contributed by atoms with E-state index < -0.39 is 10.5 Å². The summed E-state index contributed by atoms with van der Waals surface area (Å²) in [5, 5.41) is 0. The molecule has 1 rings (SSSR count). The Morgan fingerprint density at radius 2 is 2.23 bits per heavy atom. The quantitative estimate of drug-likeness (QED) is 0.286. The molecule has 0 aromatic heterocycles. The van der Waals surface area contributed by atoms with E-state index in [1.54, 1.807) is 0 Å². The van der Waals surface area contributed by atoms with Crippen LogP contribution < -0.4 is 0 Å². The minimum Gasteiger partial charge on any atom is -0.722 e. The van der Waals surface area contributed by atoms with Crippen molar-refractivity contribution in [1.29, 1.82) is 0 Å². The number of cyclic esters (lactones) is 1. The van der Waals surface area contributed by atoms with Gasteiger partial charge < -0.3 is 13.7 Å². The van der Waals surface area contributed by atoms with E-state index in [-0.39, 0.29) is 0 Å². The van der Waals surface area contributed by atoms with Gasteiger partial charge in [-0.15, -0.1) is 3.89 Å². The Balaban J connectivity index is 0.000000252. The number of carbonyl (C=O) groups excluding carboxylic acids is 1. The Morgan fingerprint density at radius 3 is 2.54 bits per heavy atom. The second-order valence-electron chi connectivity index (χ2n) is 2.21. The smallest absolute Gasteiger partial charge is 0.485 e. The van der Waals surface area contributed by atoms with Gasteiger partial charge in [0.1, 0.15) is 6.42 Å². The lowest BCUT2D eigenvalue weighted by atomic mass is 10.3. The average molecular weight is 214 g/mol. The highest BCUT2D eigenvalue weighted by molar-refractivity contribution is 7.80. The molecule has 0 N–H and O–H groups in total. The van der Waals surface area contributed by atoms with Gasteiger partial charge in [-0.2, -0.15) is 0 Å². The number of hydrogen-bond donors (Lipinski definition) is 0. The highest BCUT2D eigenvalue weighted by Gasteiger charge is 2.19. The van der Waals surface area contributed by atoms with Crippen molar-refractivity contribution in [3.05, 3.63) is 0 Å². The molecule has 13 heavy (non-hydrogen) atoms. The summed E-state index contributed by atoms with van der Waals surface area (Å²) < 4.78 is 45.5. The molecule has 0 radical (unpaired) electrons. The lowest BCUT2D eigenvalue weighted by Crippen LogP contribution is -1.97. The van der Waals surface area contributed by atoms with Gasteiger partial charge >= 0.3 is 5.97 Å². The van der Waals surface area contributed by atoms with E-state index in [2.05, 4.69) is 6.92 Å². The van der Waals surface area contributed by atoms with Crippen molar-refractivity contribution in [1.82, 2.24) is 0 Å². The summed E-state index contributed by atoms with van der Waals surface area (Å²) in [5.74, 6) is 0.826. The molecular weight excluding hydrogens is 203 g/mol. The lowest BCUT2D eigenvalue weighted by Gasteiger charge is -1.84. The van der Waals surface area contributed by atoms with E-state index in [9.17, 15) is 3.89 Å². The number of halogens is 1. The van der Waals surface area contributed by atoms with Crippen LogP contribution in [0, 0.1) is 0 Å². The van der Waals surface area contributed by atoms with Crippen LogP contribution in [0.5, 0.6) is 0 Å². The molecule has 7 heteroatoms. The highest BCUT2D eigenvalue weighted by Crippen LogP contribution is 1.96. The van der Waals surface area contributed by atoms with E-state index in [1.165, 1.54) is 0 Å². The number of rotatable bonds is 2. The van der Waals surface area contributed by atoms with Crippen LogP contribution in [-0.2, 0) is 19.7 Å². The van der Waals surface area contributed by atoms with E-state index in [0.29, 0.717) is 0 Å². The van der Waals surface area contributed by atoms with E-state index in [0.717, 1.165) is 32.0 Å². The molecule has 0 amide bonds. The SMILES string of the molecule is CCCC1=[O+]CCO1.O=S(=O)([O-])F. The fourth-order valence-electron chi connectivity index (χ4n) is 0.701. The van der Waals surface area contributed by atoms with Crippen LogP contribution in [0.4, 0.5) is 3.89 Å². The number of ether oxygens (including phenoxy) is 1. The van der Waals surface area contributed by atoms with Gasteiger partial charge in [0.2, 0.25) is 13.2 Å². The first-order valence-corrected chi connectivity index (χ1v) is 5.01. The molecule has 0 aromatic rings. The van der Waals surface area contributed by atoms with Gasteiger partial charge in [-0.3, -0.25) is 0 Å². The van der Waals surface area contributed by atoms with E-state index >= 15 is 0 Å². The molecule has 0 saturated carbocycles. The second-order valence-corrected chi connectivity index (χ2v) is 3.00. The van der Waals surface area contributed by atoms with Gasteiger partial charge in [0.05, 0.1) is 0 Å². The Hall–Kier alpha value is -0.690. The fraction of sp³-hybridized carbons (Fsp3) is 0.833. The molecule has 0 spiro atoms. The van der Waals surface area contributed by atoms with Crippen molar-refractivity contribution in [2.75, 3.05) is 13.2 Å². The van der Waals surface area contributed by atoms with Crippen LogP contribution in [0.1, 0.15) is 19.8 Å². The summed E-state index contributed by atoms with van der Waals surface area (Å²) in [6.07, 6.45) is 2.06. The first-order chi connectivity index (χ1) is 5.93. The molecule has 0 fully saturated rings. The minimum absolute atomic E-state index is 0.745. The summed E-state index contributed by atoms with van der Waals surface area (Å²) in [6.45, 7) is 3.60. The zero-order valence-corrected chi connectivity index (χ0v) is 7.97. The lowest BCUT2D eigenvalue weighted by molar-refractivity contribution is -0.446. The van der Waals surface area contributed by atoms with Gasteiger partial charge in [-0.1, -0.05) is 6.92 Å². The molecule has 0 atom stereocenters. The number of hydrogen-bond acceptors (Lipinski definition) is 4. The third kappa shape index (κ3) is 11.3. The first-order valence-electron chi connectivity index (χ1n) is 3.70. The largest absolute Gasteiger partial charge is 0.722 e. The Kier molecular flexibility index (Phi) is 5.56. The molecule has 0 unspecified atom stereocenters. The van der Waals surface area contributed by atoms with Crippen molar-refractivity contribution < 1.29 is 26.0 Å². The van der Waals surface area contributed by atoms with Crippen LogP contribution >= 0.6 is 0 Å². The predicted molar refractivity (Wildman–Crippen MR) is 41.5 cm³/mol. The normalized spacial score (nSPS) is 15.5. The maximum absolute atomic E-state index is 10.1. The maximum atomic E-state index is 10.1. The van der Waals surface area contributed by atoms with Crippen LogP contribution in [0.25, 0.3) is 0 Å². The van der Waals surface area contributed by atoms with Crippen molar-refractivity contribution in [2.45, 2.75) is 19.8 Å². The number of esters is 1. The molecule has 1 aliphatic heterocycles. The molecule has 0 saturated heterocycles. The Bertz CT molecular complexity index is 250. The molecule has 0 bridgehead atoms. The second kappa shape index (κ2) is 5.87. The Labute approximate surface area is 76.2 Å². The van der Waals surface area contributed by atoms with Crippen LogP contribution in [0.3, 0.4) is 0 Å². The standard InChI is InChI=1S/C6H11O2.FHO3S/c1-2-3-6-7-4-5-8-6;1-5(2,3)4/h2-5H2,1H3;(H,2,3,4)/q+1;/p-1. The molecule has 1 aliphatic rings. The summed E-state index contributed by atoms with van der Waals surface area (Å²) in [7, 11) is -5.42. The molecule has 0 aromatic carbocycles. The van der Waals surface area contributed by atoms with E-state index in [1.807, 2.05) is 0 Å². The zero-order valence-electron chi connectivity index (χ0n) is 7.16. The highest BCUT2D eigenvalue weighted by atomic mass is 32.3. The molecule has 78 valence electrons. The van der Waals surface area contributed by atoms with Gasteiger partial charge in [0.25, 0.3) is 10.5 Å². The molecule has 5 nitrogen and oxygen atoms in total. The molecule has 1 heterocycles. The maximum Gasteiger partial charge on any atom is 0.485 e. The van der Waals surface area contributed by atoms with Gasteiger partial charge in [-0.25, -0.2) is 8.42 Å². The minimum atomic E-state index is -5.42. The monoisotopic (exact) mass is 214 g/mol. The van der Waals surface area contributed by atoms with Crippen LogP contribution in [-0.4, -0.2) is 32.2 Å². The van der Waals surface area contributed by atoms with Gasteiger partial charge in [0.15, 0.2) is 0 Å². The fourth-order valence-corrected chi connectivity index (χ4v) is 0.701. The van der Waals surface area contributed by atoms with Crippen LogP contribution in [0.2, 0.25) is 0 Å². The summed E-state index contributed by atoms with van der Waals surface area (Å²) in [4.78, 5) is 0. The van der Waals surface area contributed by atoms with Crippen molar-refractivity contribution in [3.8, 4) is 0 Å². The molecule has 0 aliphatic carbocycles. The topological polar surface area (TPSA) is 77.7 Å². The zero-order chi connectivity index (χ0) is 10.3. The predicted octanol–water partition coefficient (Wildman–Crippen LogP) is 0.295. The third-order valence-electron chi connectivity index (χ3n) is 1.06. The Morgan fingerprint density at radius 1 is 1.69 bits per heavy atom. The third-order valence-corrected chi connectivity index (χ3v) is 1.06. The summed E-state index contributed by atoms with van der Waals surface area (Å²) in [5.41, 5.74) is 0. The first kappa shape index (κ1) is 12.3. The van der Waals surface area contributed by atoms with Crippen molar-refractivity contribution >= 4 is 16.5 Å². The van der Waals surface area contributed by atoms with Gasteiger partial charge in [-0.05, 0) is 6.42 Å². The van der Waals surface area contributed by atoms with Gasteiger partial charge in [0, 0.05) is 0 Å². The summed E-state index contributed by atoms with van der Waals surface area (Å²) in [6, 6.07) is 0. The average Bonchev–Trinajstić information content (AvgIpc) is 2.36. The van der Waals surface area contributed by atoms with Crippen LogP contribution in [0.15, 0.2) is 0 Å².